The van der Waals surface area contributed by atoms with Crippen molar-refractivity contribution in [2.24, 2.45) is 5.92 Å². The average molecular weight is 126 g/mol. The van der Waals surface area contributed by atoms with Crippen LogP contribution in [0.25, 0.3) is 0 Å². The van der Waals surface area contributed by atoms with Gasteiger partial charge in [-0.25, -0.2) is 0 Å². The minimum absolute atomic E-state index is 0.101. The lowest BCUT2D eigenvalue weighted by molar-refractivity contribution is 0.0652. The molecule has 1 fully saturated rings. The van der Waals surface area contributed by atoms with E-state index in [4.69, 9.17) is 0 Å². The molecule has 1 N–H and O–H groups in total. The summed E-state index contributed by atoms with van der Waals surface area (Å²) in [5.74, 6) is 0.586. The minimum atomic E-state index is -0.101. The Morgan fingerprint density at radius 2 is 2.33 bits per heavy atom. The lowest BCUT2D eigenvalue weighted by Gasteiger charge is -2.29. The molecule has 0 unspecified atom stereocenters. The Kier molecular flexibility index (Phi) is 2.29. The van der Waals surface area contributed by atoms with Gasteiger partial charge in [0.05, 0.1) is 6.10 Å². The Bertz CT molecular complexity index is 94.7. The van der Waals surface area contributed by atoms with Crippen LogP contribution in [0.2, 0.25) is 0 Å². The minimum Gasteiger partial charge on any atom is -0.393 e. The Hall–Kier alpha value is -0.300. The van der Waals surface area contributed by atoms with Gasteiger partial charge in [0.2, 0.25) is 0 Å². The van der Waals surface area contributed by atoms with Gasteiger partial charge in [-0.15, -0.1) is 6.58 Å². The normalized spacial score (nSPS) is 22.8. The number of aliphatic hydroxyl groups excluding tert-OH is 1. The van der Waals surface area contributed by atoms with Crippen molar-refractivity contribution in [1.82, 2.24) is 0 Å². The third-order valence-electron chi connectivity index (χ3n) is 2.10. The first kappa shape index (κ1) is 6.81. The largest absolute Gasteiger partial charge is 0.393 e. The zero-order valence-corrected chi connectivity index (χ0v) is 5.71. The molecule has 0 aromatic heterocycles. The summed E-state index contributed by atoms with van der Waals surface area (Å²) in [6.45, 7) is 3.58. The summed E-state index contributed by atoms with van der Waals surface area (Å²) in [5, 5.41) is 9.30. The second kappa shape index (κ2) is 3.02. The van der Waals surface area contributed by atoms with Crippen molar-refractivity contribution in [1.29, 1.82) is 0 Å². The third-order valence-corrected chi connectivity index (χ3v) is 2.10. The highest BCUT2D eigenvalue weighted by atomic mass is 16.3. The van der Waals surface area contributed by atoms with E-state index in [1.54, 1.807) is 6.08 Å². The Labute approximate surface area is 56.4 Å². The van der Waals surface area contributed by atoms with Crippen LogP contribution < -0.4 is 0 Å². The molecule has 0 amide bonds. The molecule has 1 aliphatic rings. The van der Waals surface area contributed by atoms with Gasteiger partial charge in [-0.2, -0.15) is 0 Å². The third kappa shape index (κ3) is 1.55. The van der Waals surface area contributed by atoms with E-state index in [9.17, 15) is 5.11 Å². The topological polar surface area (TPSA) is 20.2 Å². The zero-order chi connectivity index (χ0) is 6.69. The van der Waals surface area contributed by atoms with Crippen LogP contribution in [0.3, 0.4) is 0 Å². The molecule has 1 saturated carbocycles. The molecule has 0 aromatic carbocycles. The molecule has 1 rings (SSSR count). The van der Waals surface area contributed by atoms with E-state index < -0.39 is 0 Å². The van der Waals surface area contributed by atoms with Gasteiger partial charge in [0.25, 0.3) is 0 Å². The summed E-state index contributed by atoms with van der Waals surface area (Å²) >= 11 is 0. The molecule has 0 aromatic rings. The number of aliphatic hydroxyl groups is 1. The van der Waals surface area contributed by atoms with E-state index in [-0.39, 0.29) is 6.10 Å². The van der Waals surface area contributed by atoms with Crippen molar-refractivity contribution < 1.29 is 5.11 Å². The van der Waals surface area contributed by atoms with Crippen LogP contribution in [0.5, 0.6) is 0 Å². The summed E-state index contributed by atoms with van der Waals surface area (Å²) < 4.78 is 0. The fourth-order valence-corrected chi connectivity index (χ4v) is 1.19. The second-order valence-corrected chi connectivity index (χ2v) is 2.78. The molecule has 0 aliphatic heterocycles. The fourth-order valence-electron chi connectivity index (χ4n) is 1.19. The first-order valence-electron chi connectivity index (χ1n) is 3.63. The van der Waals surface area contributed by atoms with Crippen LogP contribution in [0, 0.1) is 5.92 Å². The lowest BCUT2D eigenvalue weighted by atomic mass is 9.80. The number of hydrogen-bond acceptors (Lipinski definition) is 1. The first-order chi connectivity index (χ1) is 4.34. The fraction of sp³-hybridized carbons (Fsp3) is 0.750. The van der Waals surface area contributed by atoms with E-state index in [1.165, 1.54) is 19.3 Å². The first-order valence-corrected chi connectivity index (χ1v) is 3.63. The molecule has 0 radical (unpaired) electrons. The van der Waals surface area contributed by atoms with E-state index in [1.807, 2.05) is 0 Å². The maximum atomic E-state index is 9.30. The molecule has 1 aliphatic carbocycles. The summed E-state index contributed by atoms with van der Waals surface area (Å²) in [6.07, 6.45) is 6.20. The van der Waals surface area contributed by atoms with Gasteiger partial charge in [0.1, 0.15) is 0 Å². The highest BCUT2D eigenvalue weighted by Gasteiger charge is 2.23. The van der Waals surface area contributed by atoms with Crippen LogP contribution in [-0.4, -0.2) is 11.2 Å². The SMILES string of the molecule is C=CC[C@H](O)C1CCC1. The average Bonchev–Trinajstić information content (AvgIpc) is 1.60. The van der Waals surface area contributed by atoms with Crippen molar-refractivity contribution in [2.75, 3.05) is 0 Å². The molecule has 1 nitrogen and oxygen atoms in total. The molecule has 9 heavy (non-hydrogen) atoms. The highest BCUT2D eigenvalue weighted by Crippen LogP contribution is 2.30. The zero-order valence-electron chi connectivity index (χ0n) is 5.71. The van der Waals surface area contributed by atoms with E-state index in [0.717, 1.165) is 6.42 Å². The standard InChI is InChI=1S/C8H14O/c1-2-4-8(9)7-5-3-6-7/h2,7-9H,1,3-6H2/t8-/m0/s1. The molecule has 1 heteroatoms. The van der Waals surface area contributed by atoms with Crippen LogP contribution in [0.15, 0.2) is 12.7 Å². The quantitative estimate of drug-likeness (QED) is 0.571. The van der Waals surface area contributed by atoms with Gasteiger partial charge in [-0.05, 0) is 25.2 Å². The van der Waals surface area contributed by atoms with Gasteiger partial charge >= 0.3 is 0 Å². The van der Waals surface area contributed by atoms with Crippen molar-refractivity contribution >= 4 is 0 Å². The monoisotopic (exact) mass is 126 g/mol. The second-order valence-electron chi connectivity index (χ2n) is 2.78. The summed E-state index contributed by atoms with van der Waals surface area (Å²) in [5.41, 5.74) is 0. The molecule has 0 saturated heterocycles. The van der Waals surface area contributed by atoms with Gasteiger partial charge in [0.15, 0.2) is 0 Å². The smallest absolute Gasteiger partial charge is 0.0602 e. The molecule has 0 bridgehead atoms. The molecule has 0 spiro atoms. The molecular formula is C8H14O. The van der Waals surface area contributed by atoms with Crippen LogP contribution in [0.4, 0.5) is 0 Å². The van der Waals surface area contributed by atoms with Crippen molar-refractivity contribution in [3.05, 3.63) is 12.7 Å². The van der Waals surface area contributed by atoms with Crippen molar-refractivity contribution in [3.63, 3.8) is 0 Å². The molecule has 1 atom stereocenters. The van der Waals surface area contributed by atoms with E-state index in [2.05, 4.69) is 6.58 Å². The van der Waals surface area contributed by atoms with Gasteiger partial charge in [-0.1, -0.05) is 12.5 Å². The Balaban J connectivity index is 2.15. The van der Waals surface area contributed by atoms with Crippen LogP contribution >= 0.6 is 0 Å². The molecule has 52 valence electrons. The number of hydrogen-bond donors (Lipinski definition) is 1. The van der Waals surface area contributed by atoms with Gasteiger partial charge in [0, 0.05) is 0 Å². The van der Waals surface area contributed by atoms with Crippen molar-refractivity contribution in [2.45, 2.75) is 31.8 Å². The Morgan fingerprint density at radius 1 is 1.67 bits per heavy atom. The van der Waals surface area contributed by atoms with E-state index in [0.29, 0.717) is 5.92 Å². The van der Waals surface area contributed by atoms with Crippen molar-refractivity contribution in [3.8, 4) is 0 Å². The summed E-state index contributed by atoms with van der Waals surface area (Å²) in [7, 11) is 0. The van der Waals surface area contributed by atoms with Crippen LogP contribution in [0.1, 0.15) is 25.7 Å². The predicted octanol–water partition coefficient (Wildman–Crippen LogP) is 1.72. The maximum absolute atomic E-state index is 9.30. The number of rotatable bonds is 3. The van der Waals surface area contributed by atoms with Crippen LogP contribution in [-0.2, 0) is 0 Å². The summed E-state index contributed by atoms with van der Waals surface area (Å²) in [4.78, 5) is 0. The molecular weight excluding hydrogens is 112 g/mol. The molecule has 0 heterocycles. The highest BCUT2D eigenvalue weighted by molar-refractivity contribution is 4.82. The van der Waals surface area contributed by atoms with Gasteiger partial charge in [-0.3, -0.25) is 0 Å². The van der Waals surface area contributed by atoms with E-state index >= 15 is 0 Å². The maximum Gasteiger partial charge on any atom is 0.0602 e. The predicted molar refractivity (Wildman–Crippen MR) is 38.2 cm³/mol. The Morgan fingerprint density at radius 3 is 2.67 bits per heavy atom. The summed E-state index contributed by atoms with van der Waals surface area (Å²) in [6, 6.07) is 0. The van der Waals surface area contributed by atoms with Gasteiger partial charge < -0.3 is 5.11 Å². The lowest BCUT2D eigenvalue weighted by Crippen LogP contribution is -2.25.